The van der Waals surface area contributed by atoms with E-state index < -0.39 is 5.97 Å². The normalized spacial score (nSPS) is 17.6. The largest absolute Gasteiger partial charge is 0.465 e. The number of hydrogen-bond acceptors (Lipinski definition) is 3. The lowest BCUT2D eigenvalue weighted by Crippen LogP contribution is -2.47. The number of amides is 2. The van der Waals surface area contributed by atoms with Crippen LogP contribution in [0.2, 0.25) is 0 Å². The molecule has 0 radical (unpaired) electrons. The summed E-state index contributed by atoms with van der Waals surface area (Å²) in [5, 5.41) is 5.52. The fourth-order valence-corrected chi connectivity index (χ4v) is 2.67. The van der Waals surface area contributed by atoms with Crippen LogP contribution < -0.4 is 10.6 Å². The Balaban J connectivity index is 2.29. The van der Waals surface area contributed by atoms with Crippen molar-refractivity contribution < 1.29 is 14.3 Å². The van der Waals surface area contributed by atoms with Gasteiger partial charge in [0.1, 0.15) is 6.54 Å². The van der Waals surface area contributed by atoms with Gasteiger partial charge in [0.05, 0.1) is 6.61 Å². The Morgan fingerprint density at radius 3 is 2.47 bits per heavy atom. The van der Waals surface area contributed by atoms with Crippen LogP contribution >= 0.6 is 0 Å². The fourth-order valence-electron chi connectivity index (χ4n) is 2.67. The van der Waals surface area contributed by atoms with E-state index in [0.717, 1.165) is 6.42 Å². The lowest BCUT2D eigenvalue weighted by atomic mass is 9.83. The van der Waals surface area contributed by atoms with Crippen molar-refractivity contribution in [1.29, 1.82) is 0 Å². The van der Waals surface area contributed by atoms with Crippen molar-refractivity contribution in [2.75, 3.05) is 13.2 Å². The summed E-state index contributed by atoms with van der Waals surface area (Å²) in [6, 6.07) is -0.0621. The molecule has 0 bridgehead atoms. The van der Waals surface area contributed by atoms with Crippen LogP contribution in [-0.4, -0.2) is 31.2 Å². The van der Waals surface area contributed by atoms with Crippen molar-refractivity contribution in [1.82, 2.24) is 10.6 Å². The van der Waals surface area contributed by atoms with E-state index in [0.29, 0.717) is 12.5 Å². The van der Waals surface area contributed by atoms with Gasteiger partial charge in [0.15, 0.2) is 0 Å². The third-order valence-corrected chi connectivity index (χ3v) is 3.67. The van der Waals surface area contributed by atoms with Crippen LogP contribution in [0.25, 0.3) is 0 Å². The summed E-state index contributed by atoms with van der Waals surface area (Å²) in [5.74, 6) is 0.176. The van der Waals surface area contributed by atoms with Crippen LogP contribution in [0, 0.1) is 5.92 Å². The third-order valence-electron chi connectivity index (χ3n) is 3.67. The first-order valence-electron chi connectivity index (χ1n) is 7.37. The summed E-state index contributed by atoms with van der Waals surface area (Å²) in [5.41, 5.74) is 0. The molecule has 0 heterocycles. The maximum Gasteiger partial charge on any atom is 0.325 e. The zero-order chi connectivity index (χ0) is 14.1. The minimum atomic E-state index is -0.400. The molecule has 19 heavy (non-hydrogen) atoms. The molecule has 1 unspecified atom stereocenters. The molecule has 1 aliphatic rings. The molecule has 1 saturated carbocycles. The highest BCUT2D eigenvalue weighted by molar-refractivity contribution is 5.80. The summed E-state index contributed by atoms with van der Waals surface area (Å²) in [6.45, 7) is 4.10. The molecule has 0 spiro atoms. The predicted octanol–water partition coefficient (Wildman–Crippen LogP) is 2.21. The van der Waals surface area contributed by atoms with Crippen molar-refractivity contribution in [3.05, 3.63) is 0 Å². The number of ether oxygens (including phenoxy) is 1. The van der Waals surface area contributed by atoms with Crippen LogP contribution in [0.15, 0.2) is 0 Å². The van der Waals surface area contributed by atoms with Crippen LogP contribution in [0.5, 0.6) is 0 Å². The van der Waals surface area contributed by atoms with E-state index in [1.54, 1.807) is 6.92 Å². The first-order valence-corrected chi connectivity index (χ1v) is 7.37. The lowest BCUT2D eigenvalue weighted by molar-refractivity contribution is -0.141. The summed E-state index contributed by atoms with van der Waals surface area (Å²) < 4.78 is 4.76. The number of carbonyl (C=O) groups excluding carboxylic acids is 2. The maximum atomic E-state index is 11.7. The summed E-state index contributed by atoms with van der Waals surface area (Å²) >= 11 is 0. The van der Waals surface area contributed by atoms with Crippen LogP contribution in [0.3, 0.4) is 0 Å². The second-order valence-electron chi connectivity index (χ2n) is 5.04. The van der Waals surface area contributed by atoms with Crippen molar-refractivity contribution in [2.45, 2.75) is 58.4 Å². The van der Waals surface area contributed by atoms with E-state index >= 15 is 0 Å². The maximum absolute atomic E-state index is 11.7. The fraction of sp³-hybridized carbons (Fsp3) is 0.857. The van der Waals surface area contributed by atoms with Gasteiger partial charge in [0.2, 0.25) is 0 Å². The molecular weight excluding hydrogens is 244 g/mol. The van der Waals surface area contributed by atoms with Crippen molar-refractivity contribution in [3.8, 4) is 0 Å². The smallest absolute Gasteiger partial charge is 0.325 e. The van der Waals surface area contributed by atoms with Gasteiger partial charge < -0.3 is 15.4 Å². The molecule has 0 aliphatic heterocycles. The molecule has 110 valence electrons. The molecule has 0 aromatic rings. The van der Waals surface area contributed by atoms with Gasteiger partial charge in [-0.1, -0.05) is 26.2 Å². The number of nitrogens with one attached hydrogen (secondary N) is 2. The Morgan fingerprint density at radius 2 is 1.89 bits per heavy atom. The topological polar surface area (TPSA) is 67.4 Å². The van der Waals surface area contributed by atoms with Crippen LogP contribution in [0.1, 0.15) is 52.4 Å². The highest BCUT2D eigenvalue weighted by Crippen LogP contribution is 2.27. The summed E-state index contributed by atoms with van der Waals surface area (Å²) in [6.07, 6.45) is 7.13. The van der Waals surface area contributed by atoms with Crippen molar-refractivity contribution >= 4 is 12.0 Å². The molecule has 1 atom stereocenters. The van der Waals surface area contributed by atoms with Gasteiger partial charge in [0, 0.05) is 6.04 Å². The van der Waals surface area contributed by atoms with Gasteiger partial charge >= 0.3 is 12.0 Å². The second-order valence-corrected chi connectivity index (χ2v) is 5.04. The van der Waals surface area contributed by atoms with Crippen LogP contribution in [0.4, 0.5) is 4.79 Å². The van der Waals surface area contributed by atoms with Gasteiger partial charge in [0.25, 0.3) is 0 Å². The van der Waals surface area contributed by atoms with E-state index in [-0.39, 0.29) is 18.6 Å². The SMILES string of the molecule is CCOC(=O)CNC(=O)NC(CC)C1CCCCC1. The Labute approximate surface area is 115 Å². The molecular formula is C14H26N2O3. The van der Waals surface area contributed by atoms with E-state index in [1.807, 2.05) is 0 Å². The molecule has 0 saturated heterocycles. The average molecular weight is 270 g/mol. The van der Waals surface area contributed by atoms with Gasteiger partial charge in [-0.3, -0.25) is 4.79 Å². The van der Waals surface area contributed by atoms with Gasteiger partial charge in [-0.25, -0.2) is 4.79 Å². The zero-order valence-electron chi connectivity index (χ0n) is 12.0. The quantitative estimate of drug-likeness (QED) is 0.727. The number of rotatable bonds is 6. The first-order chi connectivity index (χ1) is 9.17. The molecule has 0 aromatic carbocycles. The number of urea groups is 1. The highest BCUT2D eigenvalue weighted by Gasteiger charge is 2.23. The van der Waals surface area contributed by atoms with E-state index in [1.165, 1.54) is 32.1 Å². The van der Waals surface area contributed by atoms with Crippen LogP contribution in [-0.2, 0) is 9.53 Å². The average Bonchev–Trinajstić information content (AvgIpc) is 2.44. The standard InChI is InChI=1S/C14H26N2O3/c1-3-12(11-8-6-5-7-9-11)16-14(18)15-10-13(17)19-4-2/h11-12H,3-10H2,1-2H3,(H2,15,16,18). The van der Waals surface area contributed by atoms with Gasteiger partial charge in [-0.2, -0.15) is 0 Å². The molecule has 5 heteroatoms. The number of hydrogen-bond donors (Lipinski definition) is 2. The first kappa shape index (κ1) is 15.8. The van der Waals surface area contributed by atoms with E-state index in [9.17, 15) is 9.59 Å². The number of esters is 1. The minimum absolute atomic E-state index is 0.0687. The molecule has 1 aliphatic carbocycles. The Hall–Kier alpha value is -1.26. The Kier molecular flexibility index (Phi) is 7.30. The minimum Gasteiger partial charge on any atom is -0.465 e. The zero-order valence-corrected chi connectivity index (χ0v) is 12.0. The summed E-state index contributed by atoms with van der Waals surface area (Å²) in [4.78, 5) is 22.9. The Morgan fingerprint density at radius 1 is 1.21 bits per heavy atom. The van der Waals surface area contributed by atoms with E-state index in [4.69, 9.17) is 4.74 Å². The number of carbonyl (C=O) groups is 2. The van der Waals surface area contributed by atoms with Gasteiger partial charge in [-0.15, -0.1) is 0 Å². The van der Waals surface area contributed by atoms with Crippen molar-refractivity contribution in [2.24, 2.45) is 5.92 Å². The third kappa shape index (κ3) is 5.94. The van der Waals surface area contributed by atoms with Gasteiger partial charge in [-0.05, 0) is 32.1 Å². The highest BCUT2D eigenvalue weighted by atomic mass is 16.5. The molecule has 0 aromatic heterocycles. The molecule has 5 nitrogen and oxygen atoms in total. The summed E-state index contributed by atoms with van der Waals surface area (Å²) in [7, 11) is 0. The van der Waals surface area contributed by atoms with Crippen molar-refractivity contribution in [3.63, 3.8) is 0 Å². The molecule has 2 amide bonds. The molecule has 2 N–H and O–H groups in total. The lowest BCUT2D eigenvalue weighted by Gasteiger charge is -2.30. The predicted molar refractivity (Wildman–Crippen MR) is 73.8 cm³/mol. The second kappa shape index (κ2) is 8.77. The monoisotopic (exact) mass is 270 g/mol. The Bertz CT molecular complexity index is 288. The molecule has 1 rings (SSSR count). The molecule has 1 fully saturated rings. The van der Waals surface area contributed by atoms with E-state index in [2.05, 4.69) is 17.6 Å².